The van der Waals surface area contributed by atoms with Gasteiger partial charge >= 0.3 is 0 Å². The number of amidine groups is 1. The van der Waals surface area contributed by atoms with E-state index in [0.29, 0.717) is 5.69 Å². The maximum Gasteiger partial charge on any atom is 0.270 e. The summed E-state index contributed by atoms with van der Waals surface area (Å²) in [5.74, 6) is 0.406. The molecule has 1 heterocycles. The number of nitro benzene ring substituents is 1. The number of benzene rings is 2. The van der Waals surface area contributed by atoms with Gasteiger partial charge < -0.3 is 10.6 Å². The molecule has 3 rings (SSSR count). The molecule has 0 atom stereocenters. The highest BCUT2D eigenvalue weighted by Crippen LogP contribution is 2.16. The second-order valence-electron chi connectivity index (χ2n) is 5.00. The van der Waals surface area contributed by atoms with E-state index in [-0.39, 0.29) is 11.3 Å². The molecule has 1 aliphatic rings. The summed E-state index contributed by atoms with van der Waals surface area (Å²) >= 11 is 0. The molecule has 0 radical (unpaired) electrons. The number of hydrogen-bond acceptors (Lipinski definition) is 5. The Balaban J connectivity index is 1.79. The smallest absolute Gasteiger partial charge is 0.270 e. The molecule has 0 saturated heterocycles. The summed E-state index contributed by atoms with van der Waals surface area (Å²) in [6, 6.07) is 12.9. The van der Waals surface area contributed by atoms with E-state index in [0.717, 1.165) is 24.5 Å². The number of amides is 1. The van der Waals surface area contributed by atoms with Crippen molar-refractivity contribution in [1.82, 2.24) is 5.32 Å². The Kier molecular flexibility index (Phi) is 4.01. The van der Waals surface area contributed by atoms with Crippen LogP contribution in [-0.2, 0) is 0 Å². The van der Waals surface area contributed by atoms with Crippen molar-refractivity contribution >= 4 is 23.1 Å². The Morgan fingerprint density at radius 1 is 1.22 bits per heavy atom. The number of nitrogens with zero attached hydrogens (tertiary/aromatic N) is 2. The number of carbonyl (C=O) groups is 1. The first-order valence-electron chi connectivity index (χ1n) is 7.08. The van der Waals surface area contributed by atoms with Gasteiger partial charge in [-0.25, -0.2) is 0 Å². The lowest BCUT2D eigenvalue weighted by molar-refractivity contribution is -0.384. The van der Waals surface area contributed by atoms with E-state index in [1.54, 1.807) is 6.07 Å². The molecule has 0 fully saturated rings. The van der Waals surface area contributed by atoms with Crippen LogP contribution in [0.25, 0.3) is 0 Å². The summed E-state index contributed by atoms with van der Waals surface area (Å²) in [6.07, 6.45) is 0. The molecule has 116 valence electrons. The third kappa shape index (κ3) is 3.34. The largest absolute Gasteiger partial charge is 0.368 e. The summed E-state index contributed by atoms with van der Waals surface area (Å²) in [6.45, 7) is 1.54. The number of carbonyl (C=O) groups excluding carboxylic acids is 1. The van der Waals surface area contributed by atoms with Crippen molar-refractivity contribution in [1.29, 1.82) is 0 Å². The van der Waals surface area contributed by atoms with Crippen molar-refractivity contribution in [2.24, 2.45) is 4.99 Å². The number of non-ortho nitro benzene ring substituents is 1. The van der Waals surface area contributed by atoms with Gasteiger partial charge in [-0.1, -0.05) is 18.2 Å². The predicted octanol–water partition coefficient (Wildman–Crippen LogP) is 2.20. The van der Waals surface area contributed by atoms with Crippen molar-refractivity contribution in [2.75, 3.05) is 18.4 Å². The normalized spacial score (nSPS) is 13.1. The highest BCUT2D eigenvalue weighted by molar-refractivity contribution is 6.06. The van der Waals surface area contributed by atoms with E-state index in [2.05, 4.69) is 15.6 Å². The molecule has 0 aliphatic carbocycles. The Bertz CT molecular complexity index is 801. The van der Waals surface area contributed by atoms with E-state index in [4.69, 9.17) is 0 Å². The van der Waals surface area contributed by atoms with Gasteiger partial charge in [0.2, 0.25) is 0 Å². The van der Waals surface area contributed by atoms with E-state index in [9.17, 15) is 14.9 Å². The Hall–Kier alpha value is -3.22. The number of nitro groups is 1. The summed E-state index contributed by atoms with van der Waals surface area (Å²) < 4.78 is 0. The molecule has 0 saturated carbocycles. The number of hydrogen-bond donors (Lipinski definition) is 2. The fourth-order valence-electron chi connectivity index (χ4n) is 2.30. The maximum absolute atomic E-state index is 12.2. The fourth-order valence-corrected chi connectivity index (χ4v) is 2.30. The lowest BCUT2D eigenvalue weighted by atomic mass is 10.1. The monoisotopic (exact) mass is 310 g/mol. The minimum atomic E-state index is -0.526. The molecule has 1 amide bonds. The third-order valence-corrected chi connectivity index (χ3v) is 3.39. The molecule has 1 aliphatic heterocycles. The van der Waals surface area contributed by atoms with E-state index in [1.165, 1.54) is 24.3 Å². The summed E-state index contributed by atoms with van der Waals surface area (Å²) in [5, 5.41) is 16.7. The third-order valence-electron chi connectivity index (χ3n) is 3.39. The average molecular weight is 310 g/mol. The van der Waals surface area contributed by atoms with Crippen molar-refractivity contribution in [3.63, 3.8) is 0 Å². The second kappa shape index (κ2) is 6.27. The van der Waals surface area contributed by atoms with Gasteiger partial charge in [0.25, 0.3) is 11.6 Å². The zero-order valence-electron chi connectivity index (χ0n) is 12.2. The summed E-state index contributed by atoms with van der Waals surface area (Å²) in [7, 11) is 0. The predicted molar refractivity (Wildman–Crippen MR) is 86.9 cm³/mol. The fraction of sp³-hybridized carbons (Fsp3) is 0.125. The van der Waals surface area contributed by atoms with Crippen LogP contribution in [0.4, 0.5) is 11.4 Å². The van der Waals surface area contributed by atoms with E-state index < -0.39 is 10.8 Å². The molecule has 0 spiro atoms. The average Bonchev–Trinajstić information content (AvgIpc) is 3.10. The Morgan fingerprint density at radius 3 is 2.78 bits per heavy atom. The molecule has 2 N–H and O–H groups in total. The standard InChI is InChI=1S/C16H14N4O3/c21-16(12-4-2-6-14(10-12)20(22)23)19-13-5-1-3-11(9-13)15-17-7-8-18-15/h1-6,9-10H,7-8H2,(H,17,18)(H,19,21). The first-order valence-corrected chi connectivity index (χ1v) is 7.08. The van der Waals surface area contributed by atoms with Gasteiger partial charge in [-0.15, -0.1) is 0 Å². The molecule has 0 aromatic heterocycles. The zero-order chi connectivity index (χ0) is 16.2. The van der Waals surface area contributed by atoms with Gasteiger partial charge in [0.15, 0.2) is 0 Å². The Labute approximate surface area is 132 Å². The van der Waals surface area contributed by atoms with Gasteiger partial charge in [0, 0.05) is 35.5 Å². The highest BCUT2D eigenvalue weighted by atomic mass is 16.6. The van der Waals surface area contributed by atoms with Crippen LogP contribution in [0.3, 0.4) is 0 Å². The maximum atomic E-state index is 12.2. The molecule has 2 aromatic carbocycles. The van der Waals surface area contributed by atoms with Crippen molar-refractivity contribution < 1.29 is 9.72 Å². The van der Waals surface area contributed by atoms with Crippen molar-refractivity contribution in [3.8, 4) is 0 Å². The topological polar surface area (TPSA) is 96.6 Å². The van der Waals surface area contributed by atoms with Crippen LogP contribution in [-0.4, -0.2) is 29.8 Å². The van der Waals surface area contributed by atoms with Crippen LogP contribution in [0.15, 0.2) is 53.5 Å². The first kappa shape index (κ1) is 14.7. The lowest BCUT2D eigenvalue weighted by Gasteiger charge is -2.08. The zero-order valence-corrected chi connectivity index (χ0v) is 12.2. The van der Waals surface area contributed by atoms with Crippen LogP contribution >= 0.6 is 0 Å². The molecule has 23 heavy (non-hydrogen) atoms. The first-order chi connectivity index (χ1) is 11.1. The molecule has 2 aromatic rings. The van der Waals surface area contributed by atoms with Gasteiger partial charge in [0.05, 0.1) is 11.5 Å². The second-order valence-corrected chi connectivity index (χ2v) is 5.00. The summed E-state index contributed by atoms with van der Waals surface area (Å²) in [4.78, 5) is 26.8. The van der Waals surface area contributed by atoms with E-state index in [1.807, 2.05) is 18.2 Å². The van der Waals surface area contributed by atoms with Crippen LogP contribution < -0.4 is 10.6 Å². The van der Waals surface area contributed by atoms with Crippen molar-refractivity contribution in [2.45, 2.75) is 0 Å². The molecular formula is C16H14N4O3. The molecule has 0 bridgehead atoms. The van der Waals surface area contributed by atoms with Crippen LogP contribution in [0, 0.1) is 10.1 Å². The lowest BCUT2D eigenvalue weighted by Crippen LogP contribution is -2.19. The van der Waals surface area contributed by atoms with Gasteiger partial charge in [-0.05, 0) is 18.2 Å². The molecular weight excluding hydrogens is 296 g/mol. The van der Waals surface area contributed by atoms with Gasteiger partial charge in [0.1, 0.15) is 5.84 Å². The van der Waals surface area contributed by atoms with Crippen LogP contribution in [0.5, 0.6) is 0 Å². The van der Waals surface area contributed by atoms with Gasteiger partial charge in [-0.3, -0.25) is 19.9 Å². The minimum absolute atomic E-state index is 0.115. The number of aliphatic imine (C=N–C) groups is 1. The molecule has 0 unspecified atom stereocenters. The number of nitrogens with one attached hydrogen (secondary N) is 2. The Morgan fingerprint density at radius 2 is 2.04 bits per heavy atom. The quantitative estimate of drug-likeness (QED) is 0.668. The molecule has 7 heteroatoms. The molecule has 7 nitrogen and oxygen atoms in total. The SMILES string of the molecule is O=C(Nc1cccc(C2=NCCN2)c1)c1cccc([N+](=O)[O-])c1. The number of anilines is 1. The minimum Gasteiger partial charge on any atom is -0.368 e. The van der Waals surface area contributed by atoms with E-state index >= 15 is 0 Å². The highest BCUT2D eigenvalue weighted by Gasteiger charge is 2.13. The number of rotatable bonds is 4. The summed E-state index contributed by atoms with van der Waals surface area (Å²) in [5.41, 5.74) is 1.62. The van der Waals surface area contributed by atoms with Crippen LogP contribution in [0.1, 0.15) is 15.9 Å². The van der Waals surface area contributed by atoms with Crippen LogP contribution in [0.2, 0.25) is 0 Å². The van der Waals surface area contributed by atoms with Crippen molar-refractivity contribution in [3.05, 3.63) is 69.8 Å². The van der Waals surface area contributed by atoms with Gasteiger partial charge in [-0.2, -0.15) is 0 Å².